The number of rotatable bonds is 4. The van der Waals surface area contributed by atoms with Gasteiger partial charge in [-0.05, 0) is 26.0 Å². The molecule has 1 aromatic carbocycles. The molecule has 0 bridgehead atoms. The molecule has 0 aliphatic rings. The Kier molecular flexibility index (Phi) is 5.07. The molecule has 1 aromatic heterocycles. The van der Waals surface area contributed by atoms with Gasteiger partial charge in [0.25, 0.3) is 0 Å². The maximum Gasteiger partial charge on any atom is 0.243 e. The van der Waals surface area contributed by atoms with Crippen molar-refractivity contribution in [3.63, 3.8) is 0 Å². The fourth-order valence-electron chi connectivity index (χ4n) is 2.10. The van der Waals surface area contributed by atoms with Crippen molar-refractivity contribution in [2.24, 2.45) is 0 Å². The molecule has 0 fully saturated rings. The highest BCUT2D eigenvalue weighted by Crippen LogP contribution is 2.29. The summed E-state index contributed by atoms with van der Waals surface area (Å²) in [5, 5.41) is 16.7. The van der Waals surface area contributed by atoms with Crippen LogP contribution in [0.2, 0.25) is 10.0 Å². The third kappa shape index (κ3) is 3.59. The van der Waals surface area contributed by atoms with Crippen LogP contribution in [0.15, 0.2) is 24.3 Å². The first-order valence-corrected chi connectivity index (χ1v) is 7.32. The van der Waals surface area contributed by atoms with Crippen LogP contribution in [-0.2, 0) is 11.3 Å². The molecule has 0 spiro atoms. The highest BCUT2D eigenvalue weighted by molar-refractivity contribution is 6.42. The zero-order chi connectivity index (χ0) is 16.3. The minimum atomic E-state index is -0.865. The molecule has 0 unspecified atom stereocenters. The molecular weight excluding hydrogens is 323 g/mol. The van der Waals surface area contributed by atoms with Gasteiger partial charge in [0, 0.05) is 11.3 Å². The topological polar surface area (TPSA) is 70.7 Å². The number of hydrogen-bond acceptors (Lipinski definition) is 3. The summed E-state index contributed by atoms with van der Waals surface area (Å²) in [6.45, 7) is 3.75. The maximum atomic E-state index is 12.1. The second kappa shape index (κ2) is 6.82. The van der Waals surface area contributed by atoms with E-state index >= 15 is 0 Å². The van der Waals surface area contributed by atoms with Crippen molar-refractivity contribution >= 4 is 29.1 Å². The van der Waals surface area contributed by atoms with Gasteiger partial charge < -0.3 is 5.32 Å². The Bertz CT molecular complexity index is 748. The lowest BCUT2D eigenvalue weighted by Gasteiger charge is -2.14. The largest absolute Gasteiger partial charge is 0.335 e. The lowest BCUT2D eigenvalue weighted by atomic mass is 10.1. The molecule has 114 valence electrons. The molecule has 7 heteroatoms. The lowest BCUT2D eigenvalue weighted by molar-refractivity contribution is -0.122. The van der Waals surface area contributed by atoms with Crippen LogP contribution in [-0.4, -0.2) is 15.7 Å². The second-order valence-electron chi connectivity index (χ2n) is 4.86. The van der Waals surface area contributed by atoms with E-state index < -0.39 is 6.04 Å². The van der Waals surface area contributed by atoms with Gasteiger partial charge in [-0.2, -0.15) is 10.4 Å². The van der Waals surface area contributed by atoms with Crippen LogP contribution >= 0.6 is 23.2 Å². The zero-order valence-corrected chi connectivity index (χ0v) is 13.6. The number of benzene rings is 1. The van der Waals surface area contributed by atoms with Gasteiger partial charge in [-0.25, -0.2) is 0 Å². The molecule has 2 rings (SSSR count). The van der Waals surface area contributed by atoms with E-state index in [0.717, 1.165) is 11.4 Å². The summed E-state index contributed by atoms with van der Waals surface area (Å²) >= 11 is 12.0. The first-order valence-electron chi connectivity index (χ1n) is 6.56. The predicted octanol–water partition coefficient (Wildman–Crippen LogP) is 3.19. The Morgan fingerprint density at radius 2 is 2.18 bits per heavy atom. The van der Waals surface area contributed by atoms with Gasteiger partial charge in [-0.15, -0.1) is 0 Å². The van der Waals surface area contributed by atoms with Gasteiger partial charge in [0.05, 0.1) is 21.8 Å². The average molecular weight is 337 g/mol. The van der Waals surface area contributed by atoms with Crippen LogP contribution in [0.25, 0.3) is 0 Å². The normalized spacial score (nSPS) is 11.8. The number of halogens is 2. The molecule has 22 heavy (non-hydrogen) atoms. The van der Waals surface area contributed by atoms with Crippen molar-refractivity contribution in [2.45, 2.75) is 26.4 Å². The summed E-state index contributed by atoms with van der Waals surface area (Å²) in [5.74, 6) is -0.325. The molecular formula is C15H14Cl2N4O. The summed E-state index contributed by atoms with van der Waals surface area (Å²) in [7, 11) is 0. The number of nitriles is 1. The van der Waals surface area contributed by atoms with Crippen molar-refractivity contribution < 1.29 is 4.79 Å². The Labute approximate surface area is 138 Å². The Morgan fingerprint density at radius 3 is 2.77 bits per heavy atom. The number of aryl methyl sites for hydroxylation is 2. The quantitative estimate of drug-likeness (QED) is 0.931. The van der Waals surface area contributed by atoms with E-state index in [4.69, 9.17) is 23.2 Å². The van der Waals surface area contributed by atoms with Crippen LogP contribution in [0.3, 0.4) is 0 Å². The third-order valence-corrected chi connectivity index (χ3v) is 3.96. The summed E-state index contributed by atoms with van der Waals surface area (Å²) in [4.78, 5) is 12.1. The number of hydrogen-bond donors (Lipinski definition) is 1. The molecule has 0 radical (unpaired) electrons. The highest BCUT2D eigenvalue weighted by atomic mass is 35.5. The van der Waals surface area contributed by atoms with Gasteiger partial charge >= 0.3 is 0 Å². The van der Waals surface area contributed by atoms with Crippen LogP contribution in [0.5, 0.6) is 0 Å². The van der Waals surface area contributed by atoms with Crippen molar-refractivity contribution in [3.05, 3.63) is 51.3 Å². The first-order chi connectivity index (χ1) is 10.4. The monoisotopic (exact) mass is 336 g/mol. The molecule has 0 saturated heterocycles. The minimum Gasteiger partial charge on any atom is -0.335 e. The van der Waals surface area contributed by atoms with Gasteiger partial charge in [0.2, 0.25) is 5.91 Å². The number of carbonyl (C=O) groups excluding carboxylic acids is 1. The minimum absolute atomic E-state index is 0.0377. The van der Waals surface area contributed by atoms with Crippen molar-refractivity contribution in [1.29, 1.82) is 5.26 Å². The standard InChI is InChI=1S/C15H14Cl2N4O/c1-9-6-10(2)21(20-9)8-14(22)19-13(7-18)11-4-3-5-12(16)15(11)17/h3-6,13H,8H2,1-2H3,(H,19,22)/t13-/m1/s1. The summed E-state index contributed by atoms with van der Waals surface area (Å²) < 4.78 is 1.58. The maximum absolute atomic E-state index is 12.1. The van der Waals surface area contributed by atoms with E-state index in [1.807, 2.05) is 26.0 Å². The fourth-order valence-corrected chi connectivity index (χ4v) is 2.52. The lowest BCUT2D eigenvalue weighted by Crippen LogP contribution is -2.31. The third-order valence-electron chi connectivity index (χ3n) is 3.12. The van der Waals surface area contributed by atoms with E-state index in [0.29, 0.717) is 10.6 Å². The number of amides is 1. The van der Waals surface area contributed by atoms with E-state index in [1.54, 1.807) is 22.9 Å². The van der Waals surface area contributed by atoms with Crippen LogP contribution in [0.1, 0.15) is 23.0 Å². The fraction of sp³-hybridized carbons (Fsp3) is 0.267. The highest BCUT2D eigenvalue weighted by Gasteiger charge is 2.18. The van der Waals surface area contributed by atoms with Crippen molar-refractivity contribution in [1.82, 2.24) is 15.1 Å². The molecule has 1 amide bonds. The van der Waals surface area contributed by atoms with Crippen molar-refractivity contribution in [2.75, 3.05) is 0 Å². The van der Waals surface area contributed by atoms with E-state index in [1.165, 1.54) is 0 Å². The van der Waals surface area contributed by atoms with Crippen LogP contribution in [0.4, 0.5) is 0 Å². The molecule has 1 heterocycles. The molecule has 0 aliphatic carbocycles. The smallest absolute Gasteiger partial charge is 0.243 e. The second-order valence-corrected chi connectivity index (χ2v) is 5.64. The molecule has 0 saturated carbocycles. The summed E-state index contributed by atoms with van der Waals surface area (Å²) in [5.41, 5.74) is 2.18. The Morgan fingerprint density at radius 1 is 1.45 bits per heavy atom. The van der Waals surface area contributed by atoms with Crippen molar-refractivity contribution in [3.8, 4) is 6.07 Å². The number of carbonyl (C=O) groups is 1. The molecule has 0 aliphatic heterocycles. The summed E-state index contributed by atoms with van der Waals surface area (Å²) in [6.07, 6.45) is 0. The number of aromatic nitrogens is 2. The molecule has 1 N–H and O–H groups in total. The molecule has 1 atom stereocenters. The van der Waals surface area contributed by atoms with E-state index in [-0.39, 0.29) is 17.5 Å². The van der Waals surface area contributed by atoms with Gasteiger partial charge in [0.1, 0.15) is 12.6 Å². The number of nitrogens with zero attached hydrogens (tertiary/aromatic N) is 3. The Balaban J connectivity index is 2.13. The van der Waals surface area contributed by atoms with Gasteiger partial charge in [0.15, 0.2) is 0 Å². The zero-order valence-electron chi connectivity index (χ0n) is 12.1. The van der Waals surface area contributed by atoms with E-state index in [9.17, 15) is 10.1 Å². The van der Waals surface area contributed by atoms with Crippen LogP contribution in [0, 0.1) is 25.2 Å². The average Bonchev–Trinajstić information content (AvgIpc) is 2.77. The van der Waals surface area contributed by atoms with E-state index in [2.05, 4.69) is 10.4 Å². The summed E-state index contributed by atoms with van der Waals surface area (Å²) in [6, 6.07) is 8.00. The molecule has 2 aromatic rings. The SMILES string of the molecule is Cc1cc(C)n(CC(=O)N[C@H](C#N)c2cccc(Cl)c2Cl)n1. The number of nitrogens with one attached hydrogen (secondary N) is 1. The molecule has 5 nitrogen and oxygen atoms in total. The van der Waals surface area contributed by atoms with Gasteiger partial charge in [-0.3, -0.25) is 9.48 Å². The van der Waals surface area contributed by atoms with Crippen LogP contribution < -0.4 is 5.32 Å². The Hall–Kier alpha value is -2.03. The van der Waals surface area contributed by atoms with Gasteiger partial charge in [-0.1, -0.05) is 35.3 Å². The predicted molar refractivity (Wildman–Crippen MR) is 84.7 cm³/mol. The first kappa shape index (κ1) is 16.3.